The van der Waals surface area contributed by atoms with E-state index < -0.39 is 10.0 Å². The van der Waals surface area contributed by atoms with Crippen LogP contribution in [-0.2, 0) is 14.8 Å². The summed E-state index contributed by atoms with van der Waals surface area (Å²) in [7, 11) is -3.59. The molecule has 2 heterocycles. The van der Waals surface area contributed by atoms with Crippen molar-refractivity contribution in [1.29, 1.82) is 0 Å². The molecule has 8 heteroatoms. The van der Waals surface area contributed by atoms with E-state index in [1.165, 1.54) is 28.6 Å². The number of ether oxygens (including phenoxy) is 1. The third-order valence-corrected chi connectivity index (χ3v) is 7.32. The Labute approximate surface area is 175 Å². The van der Waals surface area contributed by atoms with Crippen molar-refractivity contribution in [1.82, 2.24) is 9.29 Å². The van der Waals surface area contributed by atoms with Crippen molar-refractivity contribution in [3.05, 3.63) is 65.4 Å². The topological polar surface area (TPSA) is 88.6 Å². The lowest BCUT2D eigenvalue weighted by Crippen LogP contribution is -2.40. The molecule has 0 aliphatic carbocycles. The molecule has 30 heavy (non-hydrogen) atoms. The molecule has 156 valence electrons. The SMILES string of the molecule is Cc1ccc2c(NC(=O)c3ccc(S(=O)(=O)N4CCOCC4)cc3)ccnc2c1C. The van der Waals surface area contributed by atoms with E-state index in [2.05, 4.69) is 10.3 Å². The maximum absolute atomic E-state index is 12.8. The summed E-state index contributed by atoms with van der Waals surface area (Å²) in [6.45, 7) is 5.46. The Bertz CT molecular complexity index is 1200. The number of pyridine rings is 1. The van der Waals surface area contributed by atoms with Crippen LogP contribution < -0.4 is 5.32 Å². The lowest BCUT2D eigenvalue weighted by molar-refractivity contribution is 0.0730. The fourth-order valence-corrected chi connectivity index (χ4v) is 4.89. The summed E-state index contributed by atoms with van der Waals surface area (Å²) in [5.41, 5.74) is 4.10. The van der Waals surface area contributed by atoms with Gasteiger partial charge in [-0.15, -0.1) is 0 Å². The van der Waals surface area contributed by atoms with Crippen LogP contribution in [0.1, 0.15) is 21.5 Å². The smallest absolute Gasteiger partial charge is 0.255 e. The minimum absolute atomic E-state index is 0.168. The zero-order valence-electron chi connectivity index (χ0n) is 16.9. The normalized spacial score (nSPS) is 15.3. The molecule has 0 atom stereocenters. The molecule has 7 nitrogen and oxygen atoms in total. The second-order valence-electron chi connectivity index (χ2n) is 7.26. The van der Waals surface area contributed by atoms with Gasteiger partial charge in [0.25, 0.3) is 5.91 Å². The van der Waals surface area contributed by atoms with Gasteiger partial charge in [-0.2, -0.15) is 4.31 Å². The van der Waals surface area contributed by atoms with E-state index in [0.717, 1.165) is 22.0 Å². The first kappa shape index (κ1) is 20.5. The number of rotatable bonds is 4. The van der Waals surface area contributed by atoms with Gasteiger partial charge >= 0.3 is 0 Å². The molecule has 0 radical (unpaired) electrons. The summed E-state index contributed by atoms with van der Waals surface area (Å²) in [6, 6.07) is 11.7. The first-order valence-electron chi connectivity index (χ1n) is 9.72. The number of fused-ring (bicyclic) bond motifs is 1. The third-order valence-electron chi connectivity index (χ3n) is 5.41. The van der Waals surface area contributed by atoms with Crippen molar-refractivity contribution in [3.63, 3.8) is 0 Å². The monoisotopic (exact) mass is 425 g/mol. The molecule has 1 amide bonds. The molecule has 1 aliphatic rings. The summed E-state index contributed by atoms with van der Waals surface area (Å²) >= 11 is 0. The number of anilines is 1. The minimum atomic E-state index is -3.59. The van der Waals surface area contributed by atoms with E-state index in [4.69, 9.17) is 4.74 Å². The zero-order chi connectivity index (χ0) is 21.3. The predicted octanol–water partition coefficient (Wildman–Crippen LogP) is 3.12. The number of aryl methyl sites for hydroxylation is 2. The van der Waals surface area contributed by atoms with E-state index in [1.54, 1.807) is 12.3 Å². The van der Waals surface area contributed by atoms with Gasteiger partial charge in [-0.05, 0) is 55.3 Å². The van der Waals surface area contributed by atoms with Crippen LogP contribution in [0.3, 0.4) is 0 Å². The Morgan fingerprint density at radius 3 is 2.43 bits per heavy atom. The number of carbonyl (C=O) groups excluding carboxylic acids is 1. The number of sulfonamides is 1. The molecule has 1 N–H and O–H groups in total. The maximum Gasteiger partial charge on any atom is 0.255 e. The van der Waals surface area contributed by atoms with Gasteiger partial charge in [0.15, 0.2) is 0 Å². The van der Waals surface area contributed by atoms with Crippen LogP contribution in [0.15, 0.2) is 53.6 Å². The number of benzene rings is 2. The largest absolute Gasteiger partial charge is 0.379 e. The van der Waals surface area contributed by atoms with Crippen LogP contribution in [0.4, 0.5) is 5.69 Å². The quantitative estimate of drug-likeness (QED) is 0.694. The highest BCUT2D eigenvalue weighted by Crippen LogP contribution is 2.26. The van der Waals surface area contributed by atoms with Gasteiger partial charge in [-0.1, -0.05) is 12.1 Å². The van der Waals surface area contributed by atoms with Gasteiger partial charge in [-0.3, -0.25) is 9.78 Å². The Kier molecular flexibility index (Phi) is 5.55. The Balaban J connectivity index is 1.56. The van der Waals surface area contributed by atoms with Crippen LogP contribution in [0.25, 0.3) is 10.9 Å². The Morgan fingerprint density at radius 1 is 1.03 bits per heavy atom. The average molecular weight is 426 g/mol. The lowest BCUT2D eigenvalue weighted by atomic mass is 10.0. The number of morpholine rings is 1. The van der Waals surface area contributed by atoms with Crippen molar-refractivity contribution >= 4 is 32.5 Å². The average Bonchev–Trinajstić information content (AvgIpc) is 2.77. The first-order chi connectivity index (χ1) is 14.4. The molecule has 1 fully saturated rings. The van der Waals surface area contributed by atoms with Crippen LogP contribution in [0.5, 0.6) is 0 Å². The van der Waals surface area contributed by atoms with E-state index >= 15 is 0 Å². The Morgan fingerprint density at radius 2 is 1.73 bits per heavy atom. The van der Waals surface area contributed by atoms with Crippen molar-refractivity contribution in [2.24, 2.45) is 0 Å². The summed E-state index contributed by atoms with van der Waals surface area (Å²) in [5, 5.41) is 3.78. The number of hydrogen-bond donors (Lipinski definition) is 1. The van der Waals surface area contributed by atoms with Crippen molar-refractivity contribution in [3.8, 4) is 0 Å². The molecule has 2 aromatic carbocycles. The van der Waals surface area contributed by atoms with Crippen LogP contribution in [0, 0.1) is 13.8 Å². The zero-order valence-corrected chi connectivity index (χ0v) is 17.7. The fourth-order valence-electron chi connectivity index (χ4n) is 3.48. The number of nitrogens with zero attached hydrogens (tertiary/aromatic N) is 2. The van der Waals surface area contributed by atoms with Crippen molar-refractivity contribution in [2.75, 3.05) is 31.6 Å². The molecular formula is C22H23N3O4S. The second kappa shape index (κ2) is 8.14. The number of carbonyl (C=O) groups is 1. The molecule has 1 aromatic heterocycles. The molecule has 0 bridgehead atoms. The highest BCUT2D eigenvalue weighted by molar-refractivity contribution is 7.89. The molecular weight excluding hydrogens is 402 g/mol. The third kappa shape index (κ3) is 3.81. The summed E-state index contributed by atoms with van der Waals surface area (Å²) in [6.07, 6.45) is 1.67. The number of nitrogens with one attached hydrogen (secondary N) is 1. The van der Waals surface area contributed by atoms with Crippen LogP contribution >= 0.6 is 0 Å². The van der Waals surface area contributed by atoms with Gasteiger partial charge in [0.2, 0.25) is 10.0 Å². The summed E-state index contributed by atoms with van der Waals surface area (Å²) in [4.78, 5) is 17.4. The standard InChI is InChI=1S/C22H23N3O4S/c1-15-3-8-19-20(9-10-23-21(19)16(15)2)24-22(26)17-4-6-18(7-5-17)30(27,28)25-11-13-29-14-12-25/h3-10H,11-14H2,1-2H3,(H,23,24,26). The van der Waals surface area contributed by atoms with Gasteiger partial charge in [0.05, 0.1) is 29.3 Å². The van der Waals surface area contributed by atoms with Crippen molar-refractivity contribution in [2.45, 2.75) is 18.7 Å². The molecule has 0 unspecified atom stereocenters. The van der Waals surface area contributed by atoms with E-state index in [1.807, 2.05) is 26.0 Å². The Hall–Kier alpha value is -2.81. The van der Waals surface area contributed by atoms with Gasteiger partial charge < -0.3 is 10.1 Å². The summed E-state index contributed by atoms with van der Waals surface area (Å²) < 4.78 is 32.1. The second-order valence-corrected chi connectivity index (χ2v) is 9.20. The molecule has 0 saturated carbocycles. The highest BCUT2D eigenvalue weighted by atomic mass is 32.2. The lowest BCUT2D eigenvalue weighted by Gasteiger charge is -2.26. The summed E-state index contributed by atoms with van der Waals surface area (Å²) in [5.74, 6) is -0.309. The van der Waals surface area contributed by atoms with Crippen molar-refractivity contribution < 1.29 is 17.9 Å². The molecule has 4 rings (SSSR count). The van der Waals surface area contributed by atoms with E-state index in [0.29, 0.717) is 37.6 Å². The highest BCUT2D eigenvalue weighted by Gasteiger charge is 2.26. The predicted molar refractivity (Wildman–Crippen MR) is 115 cm³/mol. The van der Waals surface area contributed by atoms with Crippen LogP contribution in [-0.4, -0.2) is 49.9 Å². The first-order valence-corrected chi connectivity index (χ1v) is 11.2. The van der Waals surface area contributed by atoms with Gasteiger partial charge in [-0.25, -0.2) is 8.42 Å². The van der Waals surface area contributed by atoms with E-state index in [-0.39, 0.29) is 10.8 Å². The molecule has 1 aliphatic heterocycles. The van der Waals surface area contributed by atoms with Gasteiger partial charge in [0.1, 0.15) is 0 Å². The number of hydrogen-bond acceptors (Lipinski definition) is 5. The number of amides is 1. The fraction of sp³-hybridized carbons (Fsp3) is 0.273. The molecule has 3 aromatic rings. The van der Waals surface area contributed by atoms with Crippen LogP contribution in [0.2, 0.25) is 0 Å². The molecule has 1 saturated heterocycles. The minimum Gasteiger partial charge on any atom is -0.379 e. The van der Waals surface area contributed by atoms with Gasteiger partial charge in [0, 0.05) is 30.2 Å². The number of aromatic nitrogens is 1. The molecule has 0 spiro atoms. The van der Waals surface area contributed by atoms with E-state index in [9.17, 15) is 13.2 Å². The maximum atomic E-state index is 12.8.